The largest absolute Gasteiger partial charge is 0.394 e. The number of hydrogen-bond donors (Lipinski definition) is 3. The summed E-state index contributed by atoms with van der Waals surface area (Å²) in [4.78, 5) is 21.1. The summed E-state index contributed by atoms with van der Waals surface area (Å²) in [5.41, 5.74) is 0.965. The fourth-order valence-corrected chi connectivity index (χ4v) is 3.21. The van der Waals surface area contributed by atoms with Crippen molar-refractivity contribution in [3.8, 4) is 0 Å². The number of imidazole rings is 2. The predicted molar refractivity (Wildman–Crippen MR) is 81.5 cm³/mol. The van der Waals surface area contributed by atoms with Crippen molar-refractivity contribution in [1.29, 1.82) is 0 Å². The van der Waals surface area contributed by atoms with Gasteiger partial charge in [-0.05, 0) is 6.92 Å². The van der Waals surface area contributed by atoms with Gasteiger partial charge in [0, 0.05) is 13.2 Å². The van der Waals surface area contributed by atoms with Crippen molar-refractivity contribution in [2.45, 2.75) is 31.5 Å². The molecule has 0 bridgehead atoms. The van der Waals surface area contributed by atoms with E-state index in [9.17, 15) is 20.1 Å². The molecule has 4 heterocycles. The maximum Gasteiger partial charge on any atom is 0.287 e. The van der Waals surface area contributed by atoms with Crippen LogP contribution in [0.5, 0.6) is 0 Å². The Labute approximate surface area is 135 Å². The number of hydrogen-bond acceptors (Lipinski definition) is 7. The average molecular weight is 335 g/mol. The van der Waals surface area contributed by atoms with E-state index in [0.29, 0.717) is 17.1 Å². The van der Waals surface area contributed by atoms with E-state index in [2.05, 4.69) is 9.97 Å². The number of aryl methyl sites for hydroxylation is 2. The second kappa shape index (κ2) is 5.11. The molecule has 24 heavy (non-hydrogen) atoms. The second-order valence-electron chi connectivity index (χ2n) is 5.97. The van der Waals surface area contributed by atoms with Crippen molar-refractivity contribution < 1.29 is 20.1 Å². The van der Waals surface area contributed by atoms with Crippen molar-refractivity contribution in [3.05, 3.63) is 28.6 Å². The standard InChI is InChI=1S/C14H17N5O5/c1-6-3-18-12(23)8-11(17(2)14(18)16-6)19(5-15-8)13-10(22)9(21)7(4-20)24-13/h3,5,7,9-10,13,20-22H,4H2,1-2H3/t7-,9+,10+,13-/m0/s1. The van der Waals surface area contributed by atoms with Crippen LogP contribution in [0.1, 0.15) is 11.9 Å². The molecule has 0 unspecified atom stereocenters. The van der Waals surface area contributed by atoms with Gasteiger partial charge in [0.25, 0.3) is 5.56 Å². The van der Waals surface area contributed by atoms with Crippen LogP contribution in [0.4, 0.5) is 0 Å². The SMILES string of the molecule is Cc1cn2c(=O)c3ncn([C@H]4O[C@@H](CO)[C@@H](O)[C@H]4O)c3n(C)c2n1. The minimum absolute atomic E-state index is 0.195. The summed E-state index contributed by atoms with van der Waals surface area (Å²) in [6.45, 7) is 1.36. The van der Waals surface area contributed by atoms with Crippen molar-refractivity contribution in [1.82, 2.24) is 23.5 Å². The Hall–Kier alpha value is -2.27. The number of aliphatic hydroxyl groups excluding tert-OH is 3. The smallest absolute Gasteiger partial charge is 0.287 e. The Kier molecular flexibility index (Phi) is 3.25. The van der Waals surface area contributed by atoms with E-state index < -0.39 is 31.1 Å². The molecule has 3 aromatic rings. The summed E-state index contributed by atoms with van der Waals surface area (Å²) >= 11 is 0. The number of rotatable bonds is 2. The average Bonchev–Trinajstić information content (AvgIpc) is 3.23. The predicted octanol–water partition coefficient (Wildman–Crippen LogP) is -1.70. The summed E-state index contributed by atoms with van der Waals surface area (Å²) in [5, 5.41) is 29.4. The highest BCUT2D eigenvalue weighted by Crippen LogP contribution is 2.31. The van der Waals surface area contributed by atoms with E-state index >= 15 is 0 Å². The first-order valence-electron chi connectivity index (χ1n) is 7.47. The summed E-state index contributed by atoms with van der Waals surface area (Å²) in [7, 11) is 1.73. The first-order chi connectivity index (χ1) is 11.4. The van der Waals surface area contributed by atoms with Crippen molar-refractivity contribution in [2.24, 2.45) is 7.05 Å². The highest BCUT2D eigenvalue weighted by molar-refractivity contribution is 5.73. The first-order valence-corrected chi connectivity index (χ1v) is 7.47. The maximum atomic E-state index is 12.6. The Morgan fingerprint density at radius 3 is 2.75 bits per heavy atom. The lowest BCUT2D eigenvalue weighted by atomic mass is 10.1. The summed E-state index contributed by atoms with van der Waals surface area (Å²) in [6.07, 6.45) is -1.36. The van der Waals surface area contributed by atoms with E-state index in [4.69, 9.17) is 4.74 Å². The van der Waals surface area contributed by atoms with E-state index in [1.807, 2.05) is 0 Å². The molecule has 0 aromatic carbocycles. The Morgan fingerprint density at radius 1 is 1.33 bits per heavy atom. The topological polar surface area (TPSA) is 127 Å². The molecule has 1 saturated heterocycles. The summed E-state index contributed by atoms with van der Waals surface area (Å²) < 4.78 is 10.1. The molecule has 0 aliphatic carbocycles. The summed E-state index contributed by atoms with van der Waals surface area (Å²) in [6, 6.07) is 0. The Morgan fingerprint density at radius 2 is 2.08 bits per heavy atom. The molecular formula is C14H17N5O5. The zero-order chi connectivity index (χ0) is 17.2. The van der Waals surface area contributed by atoms with Crippen LogP contribution in [-0.4, -0.2) is 63.7 Å². The Balaban J connectivity index is 1.97. The van der Waals surface area contributed by atoms with Crippen LogP contribution in [0.25, 0.3) is 16.9 Å². The zero-order valence-corrected chi connectivity index (χ0v) is 13.1. The third-order valence-corrected chi connectivity index (χ3v) is 4.41. The van der Waals surface area contributed by atoms with Gasteiger partial charge in [0.15, 0.2) is 17.4 Å². The van der Waals surface area contributed by atoms with Gasteiger partial charge in [-0.1, -0.05) is 0 Å². The lowest BCUT2D eigenvalue weighted by molar-refractivity contribution is -0.0512. The van der Waals surface area contributed by atoms with Crippen molar-refractivity contribution in [3.63, 3.8) is 0 Å². The second-order valence-corrected chi connectivity index (χ2v) is 5.97. The van der Waals surface area contributed by atoms with Crippen LogP contribution in [0.15, 0.2) is 17.3 Å². The van der Waals surface area contributed by atoms with Gasteiger partial charge < -0.3 is 20.1 Å². The molecule has 10 heteroatoms. The first kappa shape index (κ1) is 15.3. The molecule has 128 valence electrons. The van der Waals surface area contributed by atoms with Crippen LogP contribution in [0.2, 0.25) is 0 Å². The highest BCUT2D eigenvalue weighted by Gasteiger charge is 2.44. The quantitative estimate of drug-likeness (QED) is 0.509. The molecular weight excluding hydrogens is 318 g/mol. The fraction of sp³-hybridized carbons (Fsp3) is 0.500. The molecule has 0 amide bonds. The van der Waals surface area contributed by atoms with Crippen LogP contribution < -0.4 is 5.56 Å². The van der Waals surface area contributed by atoms with Gasteiger partial charge in [0.1, 0.15) is 18.3 Å². The van der Waals surface area contributed by atoms with Gasteiger partial charge in [-0.25, -0.2) is 14.4 Å². The van der Waals surface area contributed by atoms with Crippen LogP contribution in [0, 0.1) is 6.92 Å². The molecule has 0 spiro atoms. The van der Waals surface area contributed by atoms with E-state index in [1.54, 1.807) is 24.7 Å². The van der Waals surface area contributed by atoms with Gasteiger partial charge >= 0.3 is 0 Å². The van der Waals surface area contributed by atoms with E-state index in [-0.39, 0.29) is 11.1 Å². The molecule has 4 rings (SSSR count). The molecule has 10 nitrogen and oxygen atoms in total. The molecule has 0 radical (unpaired) electrons. The lowest BCUT2D eigenvalue weighted by Gasteiger charge is -2.18. The Bertz CT molecular complexity index is 989. The molecule has 1 aliphatic heterocycles. The molecule has 1 fully saturated rings. The van der Waals surface area contributed by atoms with Gasteiger partial charge in [-0.2, -0.15) is 0 Å². The normalized spacial score (nSPS) is 27.5. The molecule has 3 N–H and O–H groups in total. The van der Waals surface area contributed by atoms with Crippen LogP contribution in [-0.2, 0) is 11.8 Å². The zero-order valence-electron chi connectivity index (χ0n) is 13.1. The van der Waals surface area contributed by atoms with Crippen LogP contribution >= 0.6 is 0 Å². The fourth-order valence-electron chi connectivity index (χ4n) is 3.21. The number of ether oxygens (including phenoxy) is 1. The van der Waals surface area contributed by atoms with Gasteiger partial charge in [0.05, 0.1) is 18.6 Å². The third-order valence-electron chi connectivity index (χ3n) is 4.41. The monoisotopic (exact) mass is 335 g/mol. The summed E-state index contributed by atoms with van der Waals surface area (Å²) in [5.74, 6) is 0.429. The van der Waals surface area contributed by atoms with Gasteiger partial charge in [-0.15, -0.1) is 0 Å². The van der Waals surface area contributed by atoms with Crippen molar-refractivity contribution >= 4 is 16.9 Å². The van der Waals surface area contributed by atoms with Crippen molar-refractivity contribution in [2.75, 3.05) is 6.61 Å². The van der Waals surface area contributed by atoms with E-state index in [1.165, 1.54) is 15.3 Å². The highest BCUT2D eigenvalue weighted by atomic mass is 16.6. The maximum absolute atomic E-state index is 12.6. The van der Waals surface area contributed by atoms with Crippen LogP contribution in [0.3, 0.4) is 0 Å². The van der Waals surface area contributed by atoms with E-state index in [0.717, 1.165) is 0 Å². The molecule has 3 aromatic heterocycles. The molecule has 1 aliphatic rings. The molecule has 4 atom stereocenters. The number of nitrogens with zero attached hydrogens (tertiary/aromatic N) is 5. The van der Waals surface area contributed by atoms with Gasteiger partial charge in [0.2, 0.25) is 5.78 Å². The minimum atomic E-state index is -1.26. The number of fused-ring (bicyclic) bond motifs is 2. The number of aromatic nitrogens is 5. The minimum Gasteiger partial charge on any atom is -0.394 e. The number of aliphatic hydroxyl groups is 3. The molecule has 0 saturated carbocycles. The third kappa shape index (κ3) is 1.88. The lowest BCUT2D eigenvalue weighted by Crippen LogP contribution is -2.33. The van der Waals surface area contributed by atoms with Gasteiger partial charge in [-0.3, -0.25) is 13.9 Å².